The van der Waals surface area contributed by atoms with Crippen LogP contribution in [-0.2, 0) is 0 Å². The summed E-state index contributed by atoms with van der Waals surface area (Å²) in [6.07, 6.45) is -1.23. The first-order chi connectivity index (χ1) is 5.13. The molecular formula is C8H11Cl3O. The van der Waals surface area contributed by atoms with Crippen molar-refractivity contribution in [3.05, 3.63) is 0 Å². The van der Waals surface area contributed by atoms with Crippen LogP contribution in [0.4, 0.5) is 0 Å². The molecule has 0 heterocycles. The molecule has 1 unspecified atom stereocenters. The maximum atomic E-state index is 9.18. The number of alkyl halides is 3. The largest absolute Gasteiger partial charge is 0.376 e. The first kappa shape index (κ1) is 12.4. The lowest BCUT2D eigenvalue weighted by molar-refractivity contribution is 0.236. The molecule has 0 aliphatic carbocycles. The first-order valence-electron chi connectivity index (χ1n) is 3.40. The fourth-order valence-corrected chi connectivity index (χ4v) is 0.530. The monoisotopic (exact) mass is 228 g/mol. The van der Waals surface area contributed by atoms with Crippen LogP contribution in [-0.4, -0.2) is 15.0 Å². The number of hydrogen-bond acceptors (Lipinski definition) is 1. The van der Waals surface area contributed by atoms with Crippen LogP contribution in [0.15, 0.2) is 0 Å². The minimum absolute atomic E-state index is 0.198. The predicted octanol–water partition coefficient (Wildman–Crippen LogP) is 2.77. The molecule has 0 aliphatic heterocycles. The lowest BCUT2D eigenvalue weighted by atomic mass is 9.98. The molecule has 1 atom stereocenters. The van der Waals surface area contributed by atoms with E-state index in [9.17, 15) is 5.11 Å². The maximum absolute atomic E-state index is 9.18. The van der Waals surface area contributed by atoms with Gasteiger partial charge < -0.3 is 5.11 Å². The van der Waals surface area contributed by atoms with E-state index in [1.54, 1.807) is 0 Å². The van der Waals surface area contributed by atoms with Crippen molar-refractivity contribution < 1.29 is 5.11 Å². The minimum Gasteiger partial charge on any atom is -0.376 e. The zero-order valence-corrected chi connectivity index (χ0v) is 9.43. The molecule has 0 aromatic rings. The number of rotatable bonds is 0. The second-order valence-electron chi connectivity index (χ2n) is 3.46. The molecule has 1 N–H and O–H groups in total. The smallest absolute Gasteiger partial charge is 0.227 e. The molecule has 0 radical (unpaired) electrons. The van der Waals surface area contributed by atoms with Gasteiger partial charge in [0.15, 0.2) is 6.10 Å². The topological polar surface area (TPSA) is 20.2 Å². The average molecular weight is 230 g/mol. The van der Waals surface area contributed by atoms with E-state index >= 15 is 0 Å². The third kappa shape index (κ3) is 5.97. The van der Waals surface area contributed by atoms with Crippen molar-refractivity contribution in [3.8, 4) is 11.8 Å². The van der Waals surface area contributed by atoms with Gasteiger partial charge >= 0.3 is 0 Å². The van der Waals surface area contributed by atoms with Crippen molar-refractivity contribution in [1.29, 1.82) is 0 Å². The van der Waals surface area contributed by atoms with Gasteiger partial charge in [-0.05, 0) is 20.8 Å². The molecule has 0 aromatic carbocycles. The molecule has 0 spiro atoms. The van der Waals surface area contributed by atoms with E-state index in [-0.39, 0.29) is 5.41 Å². The van der Waals surface area contributed by atoms with Crippen LogP contribution in [0.2, 0.25) is 0 Å². The van der Waals surface area contributed by atoms with Gasteiger partial charge in [-0.25, -0.2) is 0 Å². The van der Waals surface area contributed by atoms with E-state index in [1.807, 2.05) is 20.8 Å². The molecule has 70 valence electrons. The Balaban J connectivity index is 4.34. The van der Waals surface area contributed by atoms with Gasteiger partial charge in [-0.15, -0.1) is 0 Å². The molecule has 0 saturated heterocycles. The van der Waals surface area contributed by atoms with Gasteiger partial charge in [0.05, 0.1) is 0 Å². The predicted molar refractivity (Wildman–Crippen MR) is 53.5 cm³/mol. The Hall–Kier alpha value is 0.390. The lowest BCUT2D eigenvalue weighted by Gasteiger charge is -2.14. The molecule has 0 aromatic heterocycles. The molecule has 4 heteroatoms. The van der Waals surface area contributed by atoms with Gasteiger partial charge in [0.2, 0.25) is 3.79 Å². The number of aliphatic hydroxyl groups excluding tert-OH is 1. The summed E-state index contributed by atoms with van der Waals surface area (Å²) < 4.78 is -1.72. The molecular weight excluding hydrogens is 218 g/mol. The fourth-order valence-electron chi connectivity index (χ4n) is 0.367. The van der Waals surface area contributed by atoms with Crippen molar-refractivity contribution in [1.82, 2.24) is 0 Å². The SMILES string of the molecule is CC(C)(C)C#CC(O)C(Cl)(Cl)Cl. The number of aliphatic hydroxyl groups is 1. The van der Waals surface area contributed by atoms with Crippen molar-refractivity contribution in [2.24, 2.45) is 5.41 Å². The Morgan fingerprint density at radius 1 is 1.17 bits per heavy atom. The molecule has 12 heavy (non-hydrogen) atoms. The zero-order chi connectivity index (χ0) is 9.99. The molecule has 1 nitrogen and oxygen atoms in total. The summed E-state index contributed by atoms with van der Waals surface area (Å²) >= 11 is 16.2. The van der Waals surface area contributed by atoms with Gasteiger partial charge in [-0.1, -0.05) is 46.6 Å². The van der Waals surface area contributed by atoms with E-state index in [0.29, 0.717) is 0 Å². The average Bonchev–Trinajstić information content (AvgIpc) is 1.78. The first-order valence-corrected chi connectivity index (χ1v) is 4.54. The van der Waals surface area contributed by atoms with E-state index < -0.39 is 9.90 Å². The van der Waals surface area contributed by atoms with Crippen molar-refractivity contribution in [2.45, 2.75) is 30.7 Å². The highest BCUT2D eigenvalue weighted by molar-refractivity contribution is 6.68. The number of halogens is 3. The maximum Gasteiger partial charge on any atom is 0.227 e. The molecule has 0 bridgehead atoms. The van der Waals surface area contributed by atoms with E-state index in [1.165, 1.54) is 0 Å². The third-order valence-corrected chi connectivity index (χ3v) is 1.51. The highest BCUT2D eigenvalue weighted by atomic mass is 35.6. The summed E-state index contributed by atoms with van der Waals surface area (Å²) in [4.78, 5) is 0. The minimum atomic E-state index is -1.72. The van der Waals surface area contributed by atoms with Crippen LogP contribution < -0.4 is 0 Å². The van der Waals surface area contributed by atoms with E-state index in [2.05, 4.69) is 11.8 Å². The third-order valence-electron chi connectivity index (χ3n) is 0.894. The summed E-state index contributed by atoms with van der Waals surface area (Å²) in [6, 6.07) is 0. The second kappa shape index (κ2) is 4.07. The van der Waals surface area contributed by atoms with Gasteiger partial charge in [-0.3, -0.25) is 0 Å². The summed E-state index contributed by atoms with van der Waals surface area (Å²) in [5.74, 6) is 5.25. The summed E-state index contributed by atoms with van der Waals surface area (Å²) in [5, 5.41) is 9.18. The molecule has 0 aliphatic rings. The van der Waals surface area contributed by atoms with Gasteiger partial charge in [-0.2, -0.15) is 0 Å². The Morgan fingerprint density at radius 2 is 1.58 bits per heavy atom. The Kier molecular flexibility index (Phi) is 4.20. The standard InChI is InChI=1S/C8H11Cl3O/c1-7(2,3)5-4-6(12)8(9,10)11/h6,12H,1-3H3. The highest BCUT2D eigenvalue weighted by Crippen LogP contribution is 2.30. The highest BCUT2D eigenvalue weighted by Gasteiger charge is 2.29. The van der Waals surface area contributed by atoms with Crippen LogP contribution in [0.1, 0.15) is 20.8 Å². The molecule has 0 rings (SSSR count). The summed E-state index contributed by atoms with van der Waals surface area (Å²) in [6.45, 7) is 5.72. The normalized spacial score (nSPS) is 14.9. The Labute approximate surface area is 88.0 Å². The lowest BCUT2D eigenvalue weighted by Crippen LogP contribution is -2.23. The Morgan fingerprint density at radius 3 is 1.83 bits per heavy atom. The van der Waals surface area contributed by atoms with E-state index in [0.717, 1.165) is 0 Å². The molecule has 0 saturated carbocycles. The van der Waals surface area contributed by atoms with Crippen LogP contribution in [0.25, 0.3) is 0 Å². The Bertz CT molecular complexity index is 201. The van der Waals surface area contributed by atoms with E-state index in [4.69, 9.17) is 34.8 Å². The van der Waals surface area contributed by atoms with Crippen molar-refractivity contribution >= 4 is 34.8 Å². The van der Waals surface area contributed by atoms with Gasteiger partial charge in [0.1, 0.15) is 0 Å². The van der Waals surface area contributed by atoms with Gasteiger partial charge in [0.25, 0.3) is 0 Å². The van der Waals surface area contributed by atoms with Crippen LogP contribution in [0, 0.1) is 17.3 Å². The van der Waals surface area contributed by atoms with Crippen LogP contribution >= 0.6 is 34.8 Å². The fraction of sp³-hybridized carbons (Fsp3) is 0.750. The van der Waals surface area contributed by atoms with Gasteiger partial charge in [0, 0.05) is 5.41 Å². The van der Waals surface area contributed by atoms with Crippen molar-refractivity contribution in [3.63, 3.8) is 0 Å². The van der Waals surface area contributed by atoms with Crippen LogP contribution in [0.3, 0.4) is 0 Å². The molecule has 0 amide bonds. The van der Waals surface area contributed by atoms with Crippen LogP contribution in [0.5, 0.6) is 0 Å². The quantitative estimate of drug-likeness (QED) is 0.500. The summed E-state index contributed by atoms with van der Waals surface area (Å²) in [5.41, 5.74) is -0.198. The zero-order valence-electron chi connectivity index (χ0n) is 7.16. The molecule has 0 fully saturated rings. The number of hydrogen-bond donors (Lipinski definition) is 1. The summed E-state index contributed by atoms with van der Waals surface area (Å²) in [7, 11) is 0. The van der Waals surface area contributed by atoms with Crippen molar-refractivity contribution in [2.75, 3.05) is 0 Å². The second-order valence-corrected chi connectivity index (χ2v) is 5.83.